The van der Waals surface area contributed by atoms with Crippen LogP contribution in [0.1, 0.15) is 26.7 Å². The fourth-order valence-corrected chi connectivity index (χ4v) is 2.47. The Kier molecular flexibility index (Phi) is 5.17. The molecule has 0 aromatic heterocycles. The van der Waals surface area contributed by atoms with Crippen molar-refractivity contribution < 1.29 is 9.18 Å². The normalized spacial score (nSPS) is 18.6. The van der Waals surface area contributed by atoms with Crippen LogP contribution >= 0.6 is 0 Å². The Morgan fingerprint density at radius 2 is 2.24 bits per heavy atom. The summed E-state index contributed by atoms with van der Waals surface area (Å²) in [6, 6.07) is 5.07. The summed E-state index contributed by atoms with van der Waals surface area (Å²) in [6.07, 6.45) is 1.89. The fourth-order valence-electron chi connectivity index (χ4n) is 2.47. The van der Waals surface area contributed by atoms with E-state index in [1.165, 1.54) is 6.07 Å². The summed E-state index contributed by atoms with van der Waals surface area (Å²) in [5.41, 5.74) is 1.06. The number of rotatable bonds is 4. The molecule has 21 heavy (non-hydrogen) atoms. The zero-order chi connectivity index (χ0) is 15.4. The summed E-state index contributed by atoms with van der Waals surface area (Å²) >= 11 is 0. The molecule has 1 unspecified atom stereocenters. The van der Waals surface area contributed by atoms with Crippen LogP contribution in [0.3, 0.4) is 0 Å². The summed E-state index contributed by atoms with van der Waals surface area (Å²) in [4.78, 5) is 14.0. The number of nitrogens with one attached hydrogen (secondary N) is 2. The lowest BCUT2D eigenvalue weighted by Gasteiger charge is -2.25. The Labute approximate surface area is 125 Å². The predicted molar refractivity (Wildman–Crippen MR) is 84.2 cm³/mol. The number of hydrogen-bond donors (Lipinski definition) is 2. The molecule has 0 aliphatic carbocycles. The van der Waals surface area contributed by atoms with Gasteiger partial charge in [-0.25, -0.2) is 4.39 Å². The second-order valence-corrected chi connectivity index (χ2v) is 5.90. The molecule has 4 nitrogen and oxygen atoms in total. The van der Waals surface area contributed by atoms with Crippen LogP contribution in [0.5, 0.6) is 0 Å². The Bertz CT molecular complexity index is 498. The first kappa shape index (κ1) is 15.8. The van der Waals surface area contributed by atoms with Gasteiger partial charge >= 0.3 is 0 Å². The van der Waals surface area contributed by atoms with Crippen LogP contribution in [0.15, 0.2) is 18.2 Å². The van der Waals surface area contributed by atoms with Gasteiger partial charge in [0.15, 0.2) is 0 Å². The maximum absolute atomic E-state index is 14.1. The molecule has 1 heterocycles. The van der Waals surface area contributed by atoms with Crippen LogP contribution in [0.2, 0.25) is 0 Å². The van der Waals surface area contributed by atoms with Crippen LogP contribution in [0, 0.1) is 11.7 Å². The molecule has 0 saturated carbocycles. The molecule has 2 N–H and O–H groups in total. The second-order valence-electron chi connectivity index (χ2n) is 5.90. The third-order valence-corrected chi connectivity index (χ3v) is 4.04. The molecule has 1 aromatic carbocycles. The number of nitrogens with zero attached hydrogens (tertiary/aromatic N) is 1. The summed E-state index contributed by atoms with van der Waals surface area (Å²) < 4.78 is 14.1. The first-order valence-electron chi connectivity index (χ1n) is 7.53. The van der Waals surface area contributed by atoms with Crippen LogP contribution in [0.25, 0.3) is 0 Å². The molecule has 1 saturated heterocycles. The lowest BCUT2D eigenvalue weighted by atomic mass is 9.99. The molecule has 2 rings (SSSR count). The van der Waals surface area contributed by atoms with Gasteiger partial charge in [-0.3, -0.25) is 4.79 Å². The summed E-state index contributed by atoms with van der Waals surface area (Å²) in [6.45, 7) is 5.67. The van der Waals surface area contributed by atoms with Crippen molar-refractivity contribution in [3.8, 4) is 0 Å². The predicted octanol–water partition coefficient (Wildman–Crippen LogP) is 2.61. The smallest absolute Gasteiger partial charge is 0.228 e. The highest BCUT2D eigenvalue weighted by atomic mass is 19.1. The monoisotopic (exact) mass is 293 g/mol. The van der Waals surface area contributed by atoms with E-state index in [2.05, 4.69) is 10.6 Å². The van der Waals surface area contributed by atoms with E-state index in [1.54, 1.807) is 12.1 Å². The van der Waals surface area contributed by atoms with Gasteiger partial charge in [-0.05, 0) is 51.4 Å². The molecular formula is C16H24FN3O. The van der Waals surface area contributed by atoms with Gasteiger partial charge in [-0.15, -0.1) is 0 Å². The van der Waals surface area contributed by atoms with E-state index in [4.69, 9.17) is 0 Å². The zero-order valence-corrected chi connectivity index (χ0v) is 12.9. The van der Waals surface area contributed by atoms with Crippen LogP contribution < -0.4 is 15.5 Å². The summed E-state index contributed by atoms with van der Waals surface area (Å²) in [5.74, 6) is -0.378. The number of carbonyl (C=O) groups is 1. The molecule has 5 heteroatoms. The summed E-state index contributed by atoms with van der Waals surface area (Å²) in [7, 11) is 1.86. The molecule has 1 fully saturated rings. The van der Waals surface area contributed by atoms with Gasteiger partial charge < -0.3 is 15.5 Å². The zero-order valence-electron chi connectivity index (χ0n) is 12.9. The highest BCUT2D eigenvalue weighted by Gasteiger charge is 2.21. The van der Waals surface area contributed by atoms with Crippen molar-refractivity contribution in [3.63, 3.8) is 0 Å². The van der Waals surface area contributed by atoms with Crippen molar-refractivity contribution >= 4 is 17.3 Å². The second kappa shape index (κ2) is 6.89. The Morgan fingerprint density at radius 1 is 1.48 bits per heavy atom. The van der Waals surface area contributed by atoms with E-state index in [9.17, 15) is 9.18 Å². The molecule has 116 valence electrons. The first-order valence-corrected chi connectivity index (χ1v) is 7.53. The average Bonchev–Trinajstić information content (AvgIpc) is 2.47. The number of anilines is 2. The van der Waals surface area contributed by atoms with Crippen molar-refractivity contribution in [1.29, 1.82) is 0 Å². The average molecular weight is 293 g/mol. The molecule has 0 radical (unpaired) electrons. The summed E-state index contributed by atoms with van der Waals surface area (Å²) in [5, 5.41) is 6.02. The van der Waals surface area contributed by atoms with Crippen molar-refractivity contribution in [2.24, 2.45) is 5.92 Å². The third-order valence-electron chi connectivity index (χ3n) is 4.04. The Balaban J connectivity index is 2.04. The highest BCUT2D eigenvalue weighted by Crippen LogP contribution is 2.24. The maximum Gasteiger partial charge on any atom is 0.228 e. The quantitative estimate of drug-likeness (QED) is 0.897. The van der Waals surface area contributed by atoms with Crippen LogP contribution in [-0.4, -0.2) is 32.1 Å². The minimum atomic E-state index is -0.314. The first-order chi connectivity index (χ1) is 9.99. The van der Waals surface area contributed by atoms with Crippen molar-refractivity contribution in [1.82, 2.24) is 5.32 Å². The van der Waals surface area contributed by atoms with Gasteiger partial charge in [0.1, 0.15) is 5.82 Å². The lowest BCUT2D eigenvalue weighted by Crippen LogP contribution is -2.37. The maximum atomic E-state index is 14.1. The van der Waals surface area contributed by atoms with E-state index in [-0.39, 0.29) is 23.7 Å². The van der Waals surface area contributed by atoms with Crippen molar-refractivity contribution in [3.05, 3.63) is 24.0 Å². The fraction of sp³-hybridized carbons (Fsp3) is 0.562. The topological polar surface area (TPSA) is 44.4 Å². The van der Waals surface area contributed by atoms with Crippen molar-refractivity contribution in [2.75, 3.05) is 30.4 Å². The van der Waals surface area contributed by atoms with E-state index in [0.717, 1.165) is 19.4 Å². The van der Waals surface area contributed by atoms with E-state index >= 15 is 0 Å². The molecule has 0 bridgehead atoms. The Morgan fingerprint density at radius 3 is 2.81 bits per heavy atom. The third kappa shape index (κ3) is 3.94. The van der Waals surface area contributed by atoms with Gasteiger partial charge in [-0.2, -0.15) is 0 Å². The van der Waals surface area contributed by atoms with Gasteiger partial charge in [0.25, 0.3) is 0 Å². The van der Waals surface area contributed by atoms with E-state index in [0.29, 0.717) is 17.9 Å². The molecule has 1 atom stereocenters. The van der Waals surface area contributed by atoms with E-state index < -0.39 is 0 Å². The minimum absolute atomic E-state index is 0.0279. The van der Waals surface area contributed by atoms with Gasteiger partial charge in [0.05, 0.1) is 11.6 Å². The molecule has 1 aliphatic heterocycles. The van der Waals surface area contributed by atoms with Crippen LogP contribution in [-0.2, 0) is 4.79 Å². The molecule has 1 aromatic rings. The van der Waals surface area contributed by atoms with Gasteiger partial charge in [0.2, 0.25) is 5.91 Å². The van der Waals surface area contributed by atoms with Crippen LogP contribution in [0.4, 0.5) is 15.8 Å². The Hall–Kier alpha value is -1.62. The number of halogens is 1. The standard InChI is InChI=1S/C16H24FN3O/c1-11(2)20(3)15-7-6-13(9-14(15)17)19-16(21)12-5-4-8-18-10-12/h6-7,9,11-12,18H,4-5,8,10H2,1-3H3,(H,19,21). The van der Waals surface area contributed by atoms with Gasteiger partial charge in [-0.1, -0.05) is 0 Å². The number of piperidine rings is 1. The number of hydrogen-bond acceptors (Lipinski definition) is 3. The van der Waals surface area contributed by atoms with Crippen molar-refractivity contribution in [2.45, 2.75) is 32.7 Å². The minimum Gasteiger partial charge on any atom is -0.370 e. The molecule has 1 amide bonds. The SMILES string of the molecule is CC(C)N(C)c1ccc(NC(=O)C2CCCNC2)cc1F. The van der Waals surface area contributed by atoms with E-state index in [1.807, 2.05) is 25.8 Å². The lowest BCUT2D eigenvalue weighted by molar-refractivity contribution is -0.120. The molecular weight excluding hydrogens is 269 g/mol. The van der Waals surface area contributed by atoms with Gasteiger partial charge in [0, 0.05) is 25.3 Å². The highest BCUT2D eigenvalue weighted by molar-refractivity contribution is 5.93. The largest absolute Gasteiger partial charge is 0.370 e. The molecule has 0 spiro atoms. The number of benzene rings is 1. The molecule has 1 aliphatic rings. The number of amides is 1. The number of carbonyl (C=O) groups excluding carboxylic acids is 1.